The minimum absolute atomic E-state index is 0.234. The van der Waals surface area contributed by atoms with Crippen LogP contribution in [0, 0.1) is 16.4 Å². The number of benzene rings is 1. The van der Waals surface area contributed by atoms with Crippen LogP contribution in [0.1, 0.15) is 31.2 Å². The number of hydrogen-bond acceptors (Lipinski definition) is 2. The zero-order valence-corrected chi connectivity index (χ0v) is 11.6. The molecule has 0 atom stereocenters. The molecule has 0 amide bonds. The fraction of sp³-hybridized carbons (Fsp3) is 0.385. The molecule has 2 rings (SSSR count). The standard InChI is InChI=1S/C13H15F2N3S/c1-8(2)12-16-17-13(19)18(12)4-3-9-5-10(14)7-11(15)6-9/h5-8H,3-4H2,1-2H3,(H,17,19). The highest BCUT2D eigenvalue weighted by Gasteiger charge is 2.10. The number of aryl methyl sites for hydroxylation is 1. The summed E-state index contributed by atoms with van der Waals surface area (Å²) in [6.45, 7) is 4.58. The molecule has 0 saturated heterocycles. The van der Waals surface area contributed by atoms with Gasteiger partial charge in [-0.15, -0.1) is 0 Å². The van der Waals surface area contributed by atoms with Crippen molar-refractivity contribution < 1.29 is 8.78 Å². The topological polar surface area (TPSA) is 33.6 Å². The summed E-state index contributed by atoms with van der Waals surface area (Å²) in [5.41, 5.74) is 0.607. The van der Waals surface area contributed by atoms with Gasteiger partial charge in [0.15, 0.2) is 4.77 Å². The molecule has 0 spiro atoms. The van der Waals surface area contributed by atoms with Gasteiger partial charge in [-0.05, 0) is 36.3 Å². The Morgan fingerprint density at radius 3 is 2.47 bits per heavy atom. The van der Waals surface area contributed by atoms with Crippen LogP contribution in [0.4, 0.5) is 8.78 Å². The van der Waals surface area contributed by atoms with Gasteiger partial charge in [-0.2, -0.15) is 5.10 Å². The Bertz CT molecular complexity index is 611. The lowest BCUT2D eigenvalue weighted by Crippen LogP contribution is -2.08. The zero-order valence-electron chi connectivity index (χ0n) is 10.8. The van der Waals surface area contributed by atoms with E-state index >= 15 is 0 Å². The molecule has 0 aliphatic rings. The molecule has 0 aliphatic heterocycles. The number of aromatic amines is 1. The maximum atomic E-state index is 13.1. The van der Waals surface area contributed by atoms with Crippen molar-refractivity contribution in [2.75, 3.05) is 0 Å². The molecule has 0 aliphatic carbocycles. The third-order valence-electron chi connectivity index (χ3n) is 2.85. The summed E-state index contributed by atoms with van der Waals surface area (Å²) in [7, 11) is 0. The SMILES string of the molecule is CC(C)c1n[nH]c(=S)n1CCc1cc(F)cc(F)c1. The summed E-state index contributed by atoms with van der Waals surface area (Å²) in [6.07, 6.45) is 0.502. The average molecular weight is 283 g/mol. The summed E-state index contributed by atoms with van der Waals surface area (Å²) in [4.78, 5) is 0. The molecule has 1 heterocycles. The fourth-order valence-electron chi connectivity index (χ4n) is 1.98. The van der Waals surface area contributed by atoms with Gasteiger partial charge in [0.2, 0.25) is 0 Å². The number of nitrogens with one attached hydrogen (secondary N) is 1. The highest BCUT2D eigenvalue weighted by Crippen LogP contribution is 2.14. The van der Waals surface area contributed by atoms with Crippen molar-refractivity contribution in [2.45, 2.75) is 32.7 Å². The predicted molar refractivity (Wildman–Crippen MR) is 71.6 cm³/mol. The Morgan fingerprint density at radius 1 is 1.26 bits per heavy atom. The molecule has 0 bridgehead atoms. The average Bonchev–Trinajstić information content (AvgIpc) is 2.67. The lowest BCUT2D eigenvalue weighted by Gasteiger charge is -2.09. The van der Waals surface area contributed by atoms with Crippen molar-refractivity contribution >= 4 is 12.2 Å². The second-order valence-electron chi connectivity index (χ2n) is 4.72. The molecule has 2 aromatic rings. The van der Waals surface area contributed by atoms with Gasteiger partial charge in [0.05, 0.1) is 0 Å². The Kier molecular flexibility index (Phi) is 4.09. The highest BCUT2D eigenvalue weighted by molar-refractivity contribution is 7.71. The molecular weight excluding hydrogens is 268 g/mol. The number of rotatable bonds is 4. The monoisotopic (exact) mass is 283 g/mol. The van der Waals surface area contributed by atoms with E-state index in [9.17, 15) is 8.78 Å². The quantitative estimate of drug-likeness (QED) is 0.870. The van der Waals surface area contributed by atoms with E-state index in [0.717, 1.165) is 11.9 Å². The predicted octanol–water partition coefficient (Wildman–Crippen LogP) is 3.58. The van der Waals surface area contributed by atoms with E-state index in [-0.39, 0.29) is 5.92 Å². The minimum atomic E-state index is -0.560. The first-order chi connectivity index (χ1) is 8.97. The van der Waals surface area contributed by atoms with Gasteiger partial charge in [-0.25, -0.2) is 8.78 Å². The molecular formula is C13H15F2N3S. The van der Waals surface area contributed by atoms with Crippen molar-refractivity contribution in [3.63, 3.8) is 0 Å². The Morgan fingerprint density at radius 2 is 1.89 bits per heavy atom. The van der Waals surface area contributed by atoms with E-state index in [1.807, 2.05) is 18.4 Å². The van der Waals surface area contributed by atoms with Gasteiger partial charge in [0.25, 0.3) is 0 Å². The molecule has 1 aromatic heterocycles. The molecule has 1 N–H and O–H groups in total. The Balaban J connectivity index is 2.19. The third-order valence-corrected chi connectivity index (χ3v) is 3.16. The Labute approximate surface area is 115 Å². The Hall–Kier alpha value is -1.56. The van der Waals surface area contributed by atoms with Gasteiger partial charge in [0, 0.05) is 18.5 Å². The summed E-state index contributed by atoms with van der Waals surface area (Å²) in [6, 6.07) is 3.54. The fourth-order valence-corrected chi connectivity index (χ4v) is 2.21. The van der Waals surface area contributed by atoms with E-state index < -0.39 is 11.6 Å². The maximum absolute atomic E-state index is 13.1. The second-order valence-corrected chi connectivity index (χ2v) is 5.11. The van der Waals surface area contributed by atoms with Crippen LogP contribution in [0.5, 0.6) is 0 Å². The molecule has 102 valence electrons. The van der Waals surface area contributed by atoms with Crippen LogP contribution in [-0.4, -0.2) is 14.8 Å². The molecule has 19 heavy (non-hydrogen) atoms. The lowest BCUT2D eigenvalue weighted by molar-refractivity contribution is 0.572. The zero-order chi connectivity index (χ0) is 14.0. The first kappa shape index (κ1) is 13.9. The molecule has 3 nitrogen and oxygen atoms in total. The van der Waals surface area contributed by atoms with Crippen molar-refractivity contribution in [2.24, 2.45) is 0 Å². The van der Waals surface area contributed by atoms with Gasteiger partial charge >= 0.3 is 0 Å². The number of H-pyrrole nitrogens is 1. The van der Waals surface area contributed by atoms with Crippen LogP contribution in [0.2, 0.25) is 0 Å². The minimum Gasteiger partial charge on any atom is -0.304 e. The van der Waals surface area contributed by atoms with Crippen LogP contribution in [0.3, 0.4) is 0 Å². The molecule has 6 heteroatoms. The summed E-state index contributed by atoms with van der Waals surface area (Å²) < 4.78 is 28.6. The van der Waals surface area contributed by atoms with Gasteiger partial charge in [-0.1, -0.05) is 13.8 Å². The smallest absolute Gasteiger partial charge is 0.195 e. The van der Waals surface area contributed by atoms with Crippen LogP contribution < -0.4 is 0 Å². The summed E-state index contributed by atoms with van der Waals surface area (Å²) in [5, 5.41) is 6.91. The third kappa shape index (κ3) is 3.26. The summed E-state index contributed by atoms with van der Waals surface area (Å²) in [5.74, 6) is -0.0381. The van der Waals surface area contributed by atoms with E-state index in [1.54, 1.807) is 0 Å². The molecule has 1 aromatic carbocycles. The number of halogens is 2. The second kappa shape index (κ2) is 5.61. The van der Waals surface area contributed by atoms with E-state index in [1.165, 1.54) is 12.1 Å². The molecule has 0 saturated carbocycles. The normalized spacial score (nSPS) is 11.2. The lowest BCUT2D eigenvalue weighted by atomic mass is 10.1. The van der Waals surface area contributed by atoms with Crippen molar-refractivity contribution in [3.05, 3.63) is 46.0 Å². The molecule has 0 unspecified atom stereocenters. The van der Waals surface area contributed by atoms with Crippen LogP contribution in [0.25, 0.3) is 0 Å². The molecule has 0 fully saturated rings. The molecule has 0 radical (unpaired) electrons. The number of nitrogens with zero attached hydrogens (tertiary/aromatic N) is 2. The van der Waals surface area contributed by atoms with E-state index in [0.29, 0.717) is 23.3 Å². The van der Waals surface area contributed by atoms with Crippen molar-refractivity contribution in [3.8, 4) is 0 Å². The van der Waals surface area contributed by atoms with Gasteiger partial charge in [-0.3, -0.25) is 5.10 Å². The van der Waals surface area contributed by atoms with Gasteiger partial charge < -0.3 is 4.57 Å². The van der Waals surface area contributed by atoms with Crippen LogP contribution >= 0.6 is 12.2 Å². The number of hydrogen-bond donors (Lipinski definition) is 1. The number of aromatic nitrogens is 3. The van der Waals surface area contributed by atoms with Crippen LogP contribution in [-0.2, 0) is 13.0 Å². The summed E-state index contributed by atoms with van der Waals surface area (Å²) >= 11 is 5.16. The van der Waals surface area contributed by atoms with Crippen molar-refractivity contribution in [1.82, 2.24) is 14.8 Å². The first-order valence-electron chi connectivity index (χ1n) is 6.07. The van der Waals surface area contributed by atoms with E-state index in [4.69, 9.17) is 12.2 Å². The van der Waals surface area contributed by atoms with Crippen LogP contribution in [0.15, 0.2) is 18.2 Å². The first-order valence-corrected chi connectivity index (χ1v) is 6.48. The van der Waals surface area contributed by atoms with E-state index in [2.05, 4.69) is 10.2 Å². The maximum Gasteiger partial charge on any atom is 0.195 e. The largest absolute Gasteiger partial charge is 0.304 e. The van der Waals surface area contributed by atoms with Crippen molar-refractivity contribution in [1.29, 1.82) is 0 Å². The highest BCUT2D eigenvalue weighted by atomic mass is 32.1. The van der Waals surface area contributed by atoms with Gasteiger partial charge in [0.1, 0.15) is 17.5 Å².